The van der Waals surface area contributed by atoms with Crippen molar-refractivity contribution < 1.29 is 19.1 Å². The fourth-order valence-electron chi connectivity index (χ4n) is 5.34. The van der Waals surface area contributed by atoms with Gasteiger partial charge in [-0.1, -0.05) is 51.8 Å². The van der Waals surface area contributed by atoms with Gasteiger partial charge in [-0.2, -0.15) is 0 Å². The summed E-state index contributed by atoms with van der Waals surface area (Å²) in [5.41, 5.74) is 0.804. The van der Waals surface area contributed by atoms with E-state index in [1.54, 1.807) is 0 Å². The lowest BCUT2D eigenvalue weighted by atomic mass is 9.79. The molecule has 0 saturated carbocycles. The first-order valence-electron chi connectivity index (χ1n) is 12.4. The van der Waals surface area contributed by atoms with E-state index in [9.17, 15) is 9.59 Å². The Morgan fingerprint density at radius 3 is 2.64 bits per heavy atom. The Morgan fingerprint density at radius 2 is 1.82 bits per heavy atom. The first-order chi connectivity index (χ1) is 15.7. The summed E-state index contributed by atoms with van der Waals surface area (Å²) in [7, 11) is 0. The molecule has 3 unspecified atom stereocenters. The molecular formula is C28H37NO4. The molecule has 1 aromatic carbocycles. The molecule has 3 heterocycles. The van der Waals surface area contributed by atoms with Crippen LogP contribution in [-0.2, 0) is 24.7 Å². The lowest BCUT2D eigenvalue weighted by Gasteiger charge is -2.24. The zero-order chi connectivity index (χ0) is 23.7. The van der Waals surface area contributed by atoms with Crippen LogP contribution < -0.4 is 0 Å². The fourth-order valence-corrected chi connectivity index (χ4v) is 5.34. The van der Waals surface area contributed by atoms with E-state index in [1.165, 1.54) is 0 Å². The van der Waals surface area contributed by atoms with Gasteiger partial charge in [-0.25, -0.2) is 0 Å². The molecule has 4 rings (SSSR count). The second kappa shape index (κ2) is 9.17. The van der Waals surface area contributed by atoms with Crippen molar-refractivity contribution in [1.29, 1.82) is 0 Å². The van der Waals surface area contributed by atoms with Crippen LogP contribution in [0.4, 0.5) is 0 Å². The molecule has 5 heteroatoms. The van der Waals surface area contributed by atoms with Gasteiger partial charge in [0.1, 0.15) is 11.4 Å². The Hall–Kier alpha value is -2.27. The quantitative estimate of drug-likeness (QED) is 0.385. The predicted molar refractivity (Wildman–Crippen MR) is 129 cm³/mol. The van der Waals surface area contributed by atoms with Crippen molar-refractivity contribution in [1.82, 2.24) is 4.98 Å². The van der Waals surface area contributed by atoms with Crippen LogP contribution >= 0.6 is 0 Å². The van der Waals surface area contributed by atoms with Crippen LogP contribution in [-0.4, -0.2) is 28.9 Å². The van der Waals surface area contributed by atoms with Gasteiger partial charge in [-0.3, -0.25) is 14.6 Å². The van der Waals surface area contributed by atoms with E-state index in [2.05, 4.69) is 43.1 Å². The van der Waals surface area contributed by atoms with Crippen molar-refractivity contribution >= 4 is 22.7 Å². The highest BCUT2D eigenvalue weighted by Crippen LogP contribution is 2.60. The minimum Gasteiger partial charge on any atom is -0.466 e. The second-order valence-corrected chi connectivity index (χ2v) is 10.9. The average Bonchev–Trinajstić information content (AvgIpc) is 3.39. The van der Waals surface area contributed by atoms with Crippen LogP contribution in [0.25, 0.3) is 10.9 Å². The van der Waals surface area contributed by atoms with Crippen LogP contribution in [0.5, 0.6) is 0 Å². The van der Waals surface area contributed by atoms with Gasteiger partial charge in [0.25, 0.3) is 0 Å². The van der Waals surface area contributed by atoms with Gasteiger partial charge in [-0.05, 0) is 49.8 Å². The summed E-state index contributed by atoms with van der Waals surface area (Å²) in [6.07, 6.45) is 7.74. The number of benzene rings is 1. The lowest BCUT2D eigenvalue weighted by Crippen LogP contribution is -2.27. The van der Waals surface area contributed by atoms with E-state index in [0.717, 1.165) is 42.1 Å². The van der Waals surface area contributed by atoms with E-state index < -0.39 is 11.0 Å². The predicted octanol–water partition coefficient (Wildman–Crippen LogP) is 6.13. The monoisotopic (exact) mass is 451 g/mol. The van der Waals surface area contributed by atoms with Gasteiger partial charge < -0.3 is 9.47 Å². The Bertz CT molecular complexity index is 1030. The lowest BCUT2D eigenvalue weighted by molar-refractivity contribution is -0.145. The topological polar surface area (TPSA) is 68.8 Å². The van der Waals surface area contributed by atoms with Gasteiger partial charge in [0.2, 0.25) is 0 Å². The number of ether oxygens (including phenoxy) is 2. The number of carbonyl (C=O) groups is 2. The summed E-state index contributed by atoms with van der Waals surface area (Å²) in [4.78, 5) is 29.7. The summed E-state index contributed by atoms with van der Waals surface area (Å²) in [5, 5.41) is 1.10. The van der Waals surface area contributed by atoms with Crippen molar-refractivity contribution in [3.63, 3.8) is 0 Å². The average molecular weight is 452 g/mol. The molecule has 2 saturated heterocycles. The number of epoxide rings is 1. The maximum absolute atomic E-state index is 12.7. The van der Waals surface area contributed by atoms with Gasteiger partial charge in [0.05, 0.1) is 17.7 Å². The number of pyridine rings is 1. The summed E-state index contributed by atoms with van der Waals surface area (Å²) in [5.74, 6) is 0.494. The van der Waals surface area contributed by atoms with E-state index in [4.69, 9.17) is 9.47 Å². The Morgan fingerprint density at radius 1 is 1.00 bits per heavy atom. The molecule has 0 bridgehead atoms. The normalized spacial score (nSPS) is 31.6. The number of Topliss-reactive ketones (excluding diaryl/α,β-unsaturated/α-hetero) is 1. The zero-order valence-corrected chi connectivity index (χ0v) is 20.5. The summed E-state index contributed by atoms with van der Waals surface area (Å²) >= 11 is 0. The highest BCUT2D eigenvalue weighted by molar-refractivity contribution is 5.84. The Balaban J connectivity index is 1.55. The van der Waals surface area contributed by atoms with Crippen LogP contribution in [0.15, 0.2) is 36.5 Å². The number of cyclic esters (lactones) is 1. The third kappa shape index (κ3) is 4.98. The van der Waals surface area contributed by atoms with Crippen molar-refractivity contribution in [2.45, 2.75) is 90.3 Å². The molecule has 0 N–H and O–H groups in total. The first-order valence-corrected chi connectivity index (χ1v) is 12.4. The Labute approximate surface area is 197 Å². The smallest absolute Gasteiger partial charge is 0.305 e. The van der Waals surface area contributed by atoms with Gasteiger partial charge in [-0.15, -0.1) is 0 Å². The van der Waals surface area contributed by atoms with Crippen molar-refractivity contribution in [3.05, 3.63) is 42.1 Å². The third-order valence-electron chi connectivity index (χ3n) is 7.93. The highest BCUT2D eigenvalue weighted by Gasteiger charge is 2.66. The van der Waals surface area contributed by atoms with E-state index in [-0.39, 0.29) is 23.8 Å². The molecule has 33 heavy (non-hydrogen) atoms. The molecule has 0 spiro atoms. The molecule has 1 aromatic heterocycles. The number of hydrogen-bond acceptors (Lipinski definition) is 5. The molecule has 2 fully saturated rings. The fraction of sp³-hybridized carbons (Fsp3) is 0.607. The van der Waals surface area contributed by atoms with Crippen molar-refractivity contribution in [2.24, 2.45) is 11.3 Å². The Kier molecular flexibility index (Phi) is 6.63. The molecule has 0 radical (unpaired) electrons. The minimum absolute atomic E-state index is 0.242. The largest absolute Gasteiger partial charge is 0.466 e. The van der Waals surface area contributed by atoms with Crippen molar-refractivity contribution in [2.75, 3.05) is 6.61 Å². The number of fused-ring (bicyclic) bond motifs is 2. The summed E-state index contributed by atoms with van der Waals surface area (Å²) in [6.45, 7) is 8.61. The van der Waals surface area contributed by atoms with Gasteiger partial charge in [0, 0.05) is 36.3 Å². The van der Waals surface area contributed by atoms with Crippen LogP contribution in [0.2, 0.25) is 0 Å². The highest BCUT2D eigenvalue weighted by atomic mass is 16.6. The van der Waals surface area contributed by atoms with Crippen molar-refractivity contribution in [3.8, 4) is 0 Å². The number of esters is 1. The molecule has 2 aromatic rings. The number of nitrogens with zero attached hydrogens (tertiary/aromatic N) is 1. The number of hydrogen-bond donors (Lipinski definition) is 0. The third-order valence-corrected chi connectivity index (χ3v) is 7.93. The molecular weight excluding hydrogens is 414 g/mol. The van der Waals surface area contributed by atoms with E-state index >= 15 is 0 Å². The number of rotatable bonds is 1. The van der Waals surface area contributed by atoms with Gasteiger partial charge >= 0.3 is 5.97 Å². The molecule has 178 valence electrons. The molecule has 2 aliphatic heterocycles. The molecule has 5 nitrogen and oxygen atoms in total. The molecule has 0 amide bonds. The maximum Gasteiger partial charge on any atom is 0.305 e. The minimum atomic E-state index is -0.493. The van der Waals surface area contributed by atoms with E-state index in [0.29, 0.717) is 31.8 Å². The van der Waals surface area contributed by atoms with E-state index in [1.807, 2.05) is 26.1 Å². The van der Waals surface area contributed by atoms with Crippen LogP contribution in [0.1, 0.15) is 84.6 Å². The second-order valence-electron chi connectivity index (χ2n) is 10.9. The van der Waals surface area contributed by atoms with Crippen LogP contribution in [0.3, 0.4) is 0 Å². The molecule has 2 aliphatic rings. The number of aromatic nitrogens is 1. The van der Waals surface area contributed by atoms with Gasteiger partial charge in [0.15, 0.2) is 0 Å². The maximum atomic E-state index is 12.7. The molecule has 3 atom stereocenters. The van der Waals surface area contributed by atoms with Crippen LogP contribution in [0, 0.1) is 11.3 Å². The SMILES string of the molecule is CC1CCCC2(C)OC2(c2ccc3cccnc3c2)CCOC(=O)CCC(C)(C)C(=O)CC1. The number of carbonyl (C=O) groups excluding carboxylic acids is 2. The molecule has 0 aliphatic carbocycles. The zero-order valence-electron chi connectivity index (χ0n) is 20.5. The first kappa shape index (κ1) is 23.9. The number of ketones is 1. The summed E-state index contributed by atoms with van der Waals surface area (Å²) < 4.78 is 12.1. The standard InChI is InChI=1S/C28H37NO4/c1-20-7-5-14-27(4)28(33-27,22-11-10-21-8-6-17-29-23(21)19-22)16-18-32-25(31)13-15-26(2,3)24(30)12-9-20/h6,8,10-11,17,19-20H,5,7,9,12-16,18H2,1-4H3. The summed E-state index contributed by atoms with van der Waals surface area (Å²) in [6, 6.07) is 10.4.